The topological polar surface area (TPSA) is 79.6 Å². The lowest BCUT2D eigenvalue weighted by molar-refractivity contribution is 0.0381. The van der Waals surface area contributed by atoms with Gasteiger partial charge in [0.05, 0.1) is 19.8 Å². The molecule has 1 aliphatic heterocycles. The number of hydrogen-bond donors (Lipinski definition) is 2. The Morgan fingerprint density at radius 1 is 1.46 bits per heavy atom. The van der Waals surface area contributed by atoms with Crippen molar-refractivity contribution in [1.29, 1.82) is 0 Å². The Morgan fingerprint density at radius 3 is 2.96 bits per heavy atom. The van der Waals surface area contributed by atoms with Gasteiger partial charge in [0, 0.05) is 43.5 Å². The highest BCUT2D eigenvalue weighted by atomic mass is 16.5. The van der Waals surface area contributed by atoms with Crippen LogP contribution in [0.3, 0.4) is 0 Å². The lowest BCUT2D eigenvalue weighted by Crippen LogP contribution is -2.43. The van der Waals surface area contributed by atoms with Crippen LogP contribution in [0.5, 0.6) is 0 Å². The number of nitrogens with one attached hydrogen (secondary N) is 1. The molecule has 2 heterocycles. The zero-order valence-electron chi connectivity index (χ0n) is 14.0. The van der Waals surface area contributed by atoms with E-state index in [9.17, 15) is 9.90 Å². The molecule has 0 amide bonds. The van der Waals surface area contributed by atoms with E-state index in [2.05, 4.69) is 21.9 Å². The van der Waals surface area contributed by atoms with E-state index >= 15 is 0 Å². The number of fused-ring (bicyclic) bond motifs is 1. The van der Waals surface area contributed by atoms with Gasteiger partial charge in [-0.3, -0.25) is 9.58 Å². The van der Waals surface area contributed by atoms with E-state index in [1.807, 2.05) is 0 Å². The molecule has 7 heteroatoms. The molecular weight excluding hydrogens is 308 g/mol. The fraction of sp³-hybridized carbons (Fsp3) is 0.647. The Bertz CT molecular complexity index is 593. The van der Waals surface area contributed by atoms with Crippen LogP contribution in [0, 0.1) is 0 Å². The van der Waals surface area contributed by atoms with Crippen LogP contribution in [0.2, 0.25) is 0 Å². The number of aromatic nitrogens is 2. The predicted octanol–water partition coefficient (Wildman–Crippen LogP) is 0.546. The van der Waals surface area contributed by atoms with E-state index in [1.165, 1.54) is 0 Å². The molecule has 0 spiro atoms. The SMILES string of the molecule is C=CCn1nc(C(=O)O)c2c1CCC(NCCN1CCOCC1)C2. The van der Waals surface area contributed by atoms with Crippen LogP contribution >= 0.6 is 0 Å². The number of carbonyl (C=O) groups is 1. The number of aromatic carboxylic acids is 1. The fourth-order valence-electron chi connectivity index (χ4n) is 3.56. The van der Waals surface area contributed by atoms with Gasteiger partial charge in [0.25, 0.3) is 0 Å². The number of nitrogens with zero attached hydrogens (tertiary/aromatic N) is 3. The molecule has 2 aliphatic rings. The van der Waals surface area contributed by atoms with Gasteiger partial charge < -0.3 is 15.2 Å². The minimum absolute atomic E-state index is 0.200. The van der Waals surface area contributed by atoms with Crippen molar-refractivity contribution in [3.63, 3.8) is 0 Å². The van der Waals surface area contributed by atoms with E-state index in [0.717, 1.165) is 69.9 Å². The van der Waals surface area contributed by atoms with Crippen molar-refractivity contribution in [2.75, 3.05) is 39.4 Å². The first-order valence-corrected chi connectivity index (χ1v) is 8.65. The number of carboxylic acids is 1. The fourth-order valence-corrected chi connectivity index (χ4v) is 3.56. The first kappa shape index (κ1) is 17.1. The summed E-state index contributed by atoms with van der Waals surface area (Å²) < 4.78 is 7.15. The molecule has 7 nitrogen and oxygen atoms in total. The minimum Gasteiger partial charge on any atom is -0.476 e. The molecule has 1 saturated heterocycles. The summed E-state index contributed by atoms with van der Waals surface area (Å²) in [4.78, 5) is 13.9. The van der Waals surface area contributed by atoms with Crippen molar-refractivity contribution in [3.8, 4) is 0 Å². The number of ether oxygens (including phenoxy) is 1. The summed E-state index contributed by atoms with van der Waals surface area (Å²) in [6.07, 6.45) is 4.36. The second kappa shape index (κ2) is 7.92. The Labute approximate surface area is 142 Å². The minimum atomic E-state index is -0.942. The molecule has 1 aliphatic carbocycles. The van der Waals surface area contributed by atoms with Gasteiger partial charge in [0.1, 0.15) is 0 Å². The molecule has 132 valence electrons. The van der Waals surface area contributed by atoms with Crippen molar-refractivity contribution in [2.24, 2.45) is 0 Å². The number of carboxylic acid groups (broad SMARTS) is 1. The first-order chi connectivity index (χ1) is 11.7. The number of rotatable bonds is 7. The summed E-state index contributed by atoms with van der Waals surface area (Å²) in [6, 6.07) is 0.318. The van der Waals surface area contributed by atoms with Crippen molar-refractivity contribution in [2.45, 2.75) is 31.8 Å². The van der Waals surface area contributed by atoms with Crippen molar-refractivity contribution in [1.82, 2.24) is 20.0 Å². The highest BCUT2D eigenvalue weighted by Gasteiger charge is 2.28. The molecule has 3 rings (SSSR count). The molecule has 0 bridgehead atoms. The average Bonchev–Trinajstić information content (AvgIpc) is 2.95. The van der Waals surface area contributed by atoms with Crippen LogP contribution < -0.4 is 5.32 Å². The van der Waals surface area contributed by atoms with Gasteiger partial charge in [-0.2, -0.15) is 5.10 Å². The van der Waals surface area contributed by atoms with Crippen LogP contribution in [0.25, 0.3) is 0 Å². The molecule has 1 aromatic heterocycles. The van der Waals surface area contributed by atoms with E-state index in [-0.39, 0.29) is 5.69 Å². The first-order valence-electron chi connectivity index (χ1n) is 8.65. The third kappa shape index (κ3) is 3.85. The van der Waals surface area contributed by atoms with Crippen LogP contribution in [-0.2, 0) is 24.1 Å². The molecule has 0 saturated carbocycles. The maximum absolute atomic E-state index is 11.5. The predicted molar refractivity (Wildman–Crippen MR) is 90.5 cm³/mol. The molecule has 1 atom stereocenters. The van der Waals surface area contributed by atoms with Crippen molar-refractivity contribution < 1.29 is 14.6 Å². The van der Waals surface area contributed by atoms with Gasteiger partial charge in [-0.15, -0.1) is 6.58 Å². The van der Waals surface area contributed by atoms with E-state index in [0.29, 0.717) is 12.6 Å². The molecule has 0 aromatic carbocycles. The van der Waals surface area contributed by atoms with Gasteiger partial charge in [0.15, 0.2) is 5.69 Å². The van der Waals surface area contributed by atoms with Gasteiger partial charge in [0.2, 0.25) is 0 Å². The highest BCUT2D eigenvalue weighted by molar-refractivity contribution is 5.87. The van der Waals surface area contributed by atoms with E-state index in [4.69, 9.17) is 4.74 Å². The summed E-state index contributed by atoms with van der Waals surface area (Å²) in [5, 5.41) is 17.3. The van der Waals surface area contributed by atoms with Crippen LogP contribution in [0.4, 0.5) is 0 Å². The van der Waals surface area contributed by atoms with Crippen molar-refractivity contribution >= 4 is 5.97 Å². The zero-order chi connectivity index (χ0) is 16.9. The molecule has 1 unspecified atom stereocenters. The maximum Gasteiger partial charge on any atom is 0.356 e. The average molecular weight is 334 g/mol. The number of allylic oxidation sites excluding steroid dienone is 1. The Morgan fingerprint density at radius 2 is 2.25 bits per heavy atom. The van der Waals surface area contributed by atoms with Gasteiger partial charge >= 0.3 is 5.97 Å². The molecule has 0 radical (unpaired) electrons. The Balaban J connectivity index is 1.58. The smallest absolute Gasteiger partial charge is 0.356 e. The quantitative estimate of drug-likeness (QED) is 0.709. The molecule has 24 heavy (non-hydrogen) atoms. The molecular formula is C17H26N4O3. The standard InChI is InChI=1S/C17H26N4O3/c1-2-6-21-15-4-3-13(12-14(15)16(19-21)17(22)23)18-5-7-20-8-10-24-11-9-20/h2,13,18H,1,3-12H2,(H,22,23). The maximum atomic E-state index is 11.5. The summed E-state index contributed by atoms with van der Waals surface area (Å²) >= 11 is 0. The van der Waals surface area contributed by atoms with E-state index < -0.39 is 5.97 Å². The normalized spacial score (nSPS) is 21.4. The Hall–Kier alpha value is -1.70. The number of hydrogen-bond acceptors (Lipinski definition) is 5. The van der Waals surface area contributed by atoms with E-state index in [1.54, 1.807) is 10.8 Å². The Kier molecular flexibility index (Phi) is 5.65. The summed E-state index contributed by atoms with van der Waals surface area (Å²) in [5.41, 5.74) is 2.14. The zero-order valence-corrected chi connectivity index (χ0v) is 14.0. The summed E-state index contributed by atoms with van der Waals surface area (Å²) in [6.45, 7) is 9.83. The molecule has 1 fully saturated rings. The lowest BCUT2D eigenvalue weighted by Gasteiger charge is -2.29. The second-order valence-corrected chi connectivity index (χ2v) is 6.40. The van der Waals surface area contributed by atoms with Crippen molar-refractivity contribution in [3.05, 3.63) is 29.6 Å². The molecule has 1 aromatic rings. The van der Waals surface area contributed by atoms with Gasteiger partial charge in [-0.25, -0.2) is 4.79 Å². The third-order valence-corrected chi connectivity index (χ3v) is 4.82. The molecule has 2 N–H and O–H groups in total. The van der Waals surface area contributed by atoms with Gasteiger partial charge in [-0.1, -0.05) is 6.08 Å². The summed E-state index contributed by atoms with van der Waals surface area (Å²) in [5.74, 6) is -0.942. The van der Waals surface area contributed by atoms with Crippen LogP contribution in [0.1, 0.15) is 28.2 Å². The van der Waals surface area contributed by atoms with Crippen LogP contribution in [-0.4, -0.2) is 71.2 Å². The van der Waals surface area contributed by atoms with Crippen LogP contribution in [0.15, 0.2) is 12.7 Å². The second-order valence-electron chi connectivity index (χ2n) is 6.40. The lowest BCUT2D eigenvalue weighted by atomic mass is 9.91. The third-order valence-electron chi connectivity index (χ3n) is 4.82. The largest absolute Gasteiger partial charge is 0.476 e. The number of morpholine rings is 1. The highest BCUT2D eigenvalue weighted by Crippen LogP contribution is 2.25. The van der Waals surface area contributed by atoms with Gasteiger partial charge in [-0.05, 0) is 19.3 Å². The summed E-state index contributed by atoms with van der Waals surface area (Å²) in [7, 11) is 0. The monoisotopic (exact) mass is 334 g/mol.